The number of amides is 1. The van der Waals surface area contributed by atoms with Crippen LogP contribution in [0.2, 0.25) is 0 Å². The highest BCUT2D eigenvalue weighted by atomic mass is 19.1. The standard InChI is InChI=1S/C18H20FNO3/c1-11(21)15-16(12-6-3-2-4-7-12)20(18(23)17(15)22)14-9-5-8-13(19)10-14/h5,8-10,12,16,22H,2-4,6-7H2,1H3/t16-/m0/s1. The molecule has 1 aliphatic carbocycles. The highest BCUT2D eigenvalue weighted by Crippen LogP contribution is 2.40. The molecule has 0 aromatic heterocycles. The van der Waals surface area contributed by atoms with Crippen LogP contribution in [0.4, 0.5) is 10.1 Å². The molecule has 0 radical (unpaired) electrons. The highest BCUT2D eigenvalue weighted by Gasteiger charge is 2.46. The molecular formula is C18H20FNO3. The van der Waals surface area contributed by atoms with Gasteiger partial charge in [0.15, 0.2) is 11.5 Å². The van der Waals surface area contributed by atoms with Crippen LogP contribution in [0.1, 0.15) is 39.0 Å². The molecule has 1 N–H and O–H groups in total. The van der Waals surface area contributed by atoms with Gasteiger partial charge in [0, 0.05) is 5.69 Å². The van der Waals surface area contributed by atoms with Crippen molar-refractivity contribution in [3.63, 3.8) is 0 Å². The largest absolute Gasteiger partial charge is 0.503 e. The number of aliphatic hydroxyl groups is 1. The average Bonchev–Trinajstić information content (AvgIpc) is 2.80. The van der Waals surface area contributed by atoms with Crippen molar-refractivity contribution in [2.75, 3.05) is 4.90 Å². The summed E-state index contributed by atoms with van der Waals surface area (Å²) in [6, 6.07) is 5.23. The number of carbonyl (C=O) groups excluding carboxylic acids is 2. The number of benzene rings is 1. The molecule has 1 amide bonds. The lowest BCUT2D eigenvalue weighted by atomic mass is 9.80. The summed E-state index contributed by atoms with van der Waals surface area (Å²) in [6.07, 6.45) is 5.01. The molecule has 1 aromatic carbocycles. The second-order valence-corrected chi connectivity index (χ2v) is 6.32. The molecule has 1 aromatic rings. The molecule has 1 aliphatic heterocycles. The van der Waals surface area contributed by atoms with E-state index in [1.165, 1.54) is 30.0 Å². The van der Waals surface area contributed by atoms with E-state index in [1.54, 1.807) is 6.07 Å². The van der Waals surface area contributed by atoms with Gasteiger partial charge in [0.1, 0.15) is 5.82 Å². The third-order valence-corrected chi connectivity index (χ3v) is 4.81. The van der Waals surface area contributed by atoms with E-state index in [0.717, 1.165) is 32.1 Å². The van der Waals surface area contributed by atoms with Gasteiger partial charge in [-0.2, -0.15) is 0 Å². The van der Waals surface area contributed by atoms with Crippen LogP contribution in [-0.4, -0.2) is 22.8 Å². The van der Waals surface area contributed by atoms with E-state index in [4.69, 9.17) is 0 Å². The monoisotopic (exact) mass is 317 g/mol. The molecule has 5 heteroatoms. The fraction of sp³-hybridized carbons (Fsp3) is 0.444. The number of Topliss-reactive ketones (excluding diaryl/α,β-unsaturated/α-hetero) is 1. The number of hydrogen-bond acceptors (Lipinski definition) is 3. The Balaban J connectivity index is 2.06. The number of halogens is 1. The summed E-state index contributed by atoms with van der Waals surface area (Å²) in [5, 5.41) is 10.2. The third kappa shape index (κ3) is 2.76. The Labute approximate surface area is 134 Å². The number of carbonyl (C=O) groups is 2. The van der Waals surface area contributed by atoms with E-state index in [1.807, 2.05) is 0 Å². The summed E-state index contributed by atoms with van der Waals surface area (Å²) in [6.45, 7) is 1.36. The van der Waals surface area contributed by atoms with Gasteiger partial charge in [0.05, 0.1) is 11.6 Å². The number of hydrogen-bond donors (Lipinski definition) is 1. The van der Waals surface area contributed by atoms with E-state index in [-0.39, 0.29) is 17.3 Å². The molecule has 0 unspecified atom stereocenters. The maximum Gasteiger partial charge on any atom is 0.294 e. The number of anilines is 1. The van der Waals surface area contributed by atoms with Crippen LogP contribution in [0.25, 0.3) is 0 Å². The molecule has 0 bridgehead atoms. The van der Waals surface area contributed by atoms with Crippen molar-refractivity contribution in [3.05, 3.63) is 41.4 Å². The van der Waals surface area contributed by atoms with Crippen LogP contribution in [0.5, 0.6) is 0 Å². The predicted molar refractivity (Wildman–Crippen MR) is 84.6 cm³/mol. The summed E-state index contributed by atoms with van der Waals surface area (Å²) in [5.41, 5.74) is 0.555. The van der Waals surface area contributed by atoms with Crippen molar-refractivity contribution in [2.24, 2.45) is 5.92 Å². The van der Waals surface area contributed by atoms with Gasteiger partial charge in [-0.1, -0.05) is 25.3 Å². The normalized spacial score (nSPS) is 22.8. The first kappa shape index (κ1) is 15.7. The van der Waals surface area contributed by atoms with Crippen LogP contribution >= 0.6 is 0 Å². The molecule has 4 nitrogen and oxygen atoms in total. The predicted octanol–water partition coefficient (Wildman–Crippen LogP) is 3.52. The minimum Gasteiger partial charge on any atom is -0.503 e. The Morgan fingerprint density at radius 2 is 1.96 bits per heavy atom. The molecule has 2 aliphatic rings. The van der Waals surface area contributed by atoms with Crippen molar-refractivity contribution in [1.29, 1.82) is 0 Å². The minimum absolute atomic E-state index is 0.111. The maximum absolute atomic E-state index is 13.6. The second kappa shape index (κ2) is 6.14. The van der Waals surface area contributed by atoms with Crippen LogP contribution in [0.15, 0.2) is 35.6 Å². The third-order valence-electron chi connectivity index (χ3n) is 4.81. The lowest BCUT2D eigenvalue weighted by Gasteiger charge is -2.35. The zero-order valence-electron chi connectivity index (χ0n) is 13.1. The van der Waals surface area contributed by atoms with Crippen molar-refractivity contribution < 1.29 is 19.1 Å². The van der Waals surface area contributed by atoms with Crippen LogP contribution in [0.3, 0.4) is 0 Å². The first-order valence-electron chi connectivity index (χ1n) is 8.04. The summed E-state index contributed by atoms with van der Waals surface area (Å²) in [5.74, 6) is -1.74. The molecule has 1 saturated carbocycles. The smallest absolute Gasteiger partial charge is 0.294 e. The number of nitrogens with zero attached hydrogens (tertiary/aromatic N) is 1. The molecule has 1 heterocycles. The Kier molecular flexibility index (Phi) is 4.20. The fourth-order valence-electron chi connectivity index (χ4n) is 3.80. The number of rotatable bonds is 3. The van der Waals surface area contributed by atoms with Gasteiger partial charge in [-0.15, -0.1) is 0 Å². The second-order valence-electron chi connectivity index (χ2n) is 6.32. The Hall–Kier alpha value is -2.17. The van der Waals surface area contributed by atoms with Crippen molar-refractivity contribution in [2.45, 2.75) is 45.1 Å². The van der Waals surface area contributed by atoms with Gasteiger partial charge in [-0.25, -0.2) is 4.39 Å². The number of ketones is 1. The maximum atomic E-state index is 13.6. The summed E-state index contributed by atoms with van der Waals surface area (Å²) >= 11 is 0. The average molecular weight is 317 g/mol. The summed E-state index contributed by atoms with van der Waals surface area (Å²) in [7, 11) is 0. The van der Waals surface area contributed by atoms with E-state index in [9.17, 15) is 19.1 Å². The van der Waals surface area contributed by atoms with Crippen molar-refractivity contribution >= 4 is 17.4 Å². The van der Waals surface area contributed by atoms with E-state index in [2.05, 4.69) is 0 Å². The molecular weight excluding hydrogens is 297 g/mol. The SMILES string of the molecule is CC(=O)C1=C(O)C(=O)N(c2cccc(F)c2)[C@H]1C1CCCCC1. The zero-order chi connectivity index (χ0) is 16.6. The van der Waals surface area contributed by atoms with E-state index >= 15 is 0 Å². The molecule has 0 saturated heterocycles. The van der Waals surface area contributed by atoms with Gasteiger partial charge in [0.25, 0.3) is 5.91 Å². The van der Waals surface area contributed by atoms with Gasteiger partial charge < -0.3 is 5.11 Å². The van der Waals surface area contributed by atoms with Crippen LogP contribution < -0.4 is 4.90 Å². The topological polar surface area (TPSA) is 57.6 Å². The first-order chi connectivity index (χ1) is 11.0. The van der Waals surface area contributed by atoms with Gasteiger partial charge in [0.2, 0.25) is 0 Å². The molecule has 1 fully saturated rings. The Bertz CT molecular complexity index is 677. The lowest BCUT2D eigenvalue weighted by Crippen LogP contribution is -2.42. The molecule has 1 atom stereocenters. The minimum atomic E-state index is -0.614. The van der Waals surface area contributed by atoms with Crippen LogP contribution in [0, 0.1) is 11.7 Å². The Morgan fingerprint density at radius 1 is 1.26 bits per heavy atom. The summed E-state index contributed by atoms with van der Waals surface area (Å²) < 4.78 is 13.6. The fourth-order valence-corrected chi connectivity index (χ4v) is 3.80. The van der Waals surface area contributed by atoms with E-state index < -0.39 is 23.5 Å². The van der Waals surface area contributed by atoms with Gasteiger partial charge >= 0.3 is 0 Å². The van der Waals surface area contributed by atoms with Crippen molar-refractivity contribution in [3.8, 4) is 0 Å². The Morgan fingerprint density at radius 3 is 2.57 bits per heavy atom. The molecule has 23 heavy (non-hydrogen) atoms. The van der Waals surface area contributed by atoms with Gasteiger partial charge in [-0.05, 0) is 43.9 Å². The van der Waals surface area contributed by atoms with Crippen LogP contribution in [-0.2, 0) is 9.59 Å². The first-order valence-corrected chi connectivity index (χ1v) is 8.04. The molecule has 3 rings (SSSR count). The number of aliphatic hydroxyl groups excluding tert-OH is 1. The zero-order valence-corrected chi connectivity index (χ0v) is 13.1. The highest BCUT2D eigenvalue weighted by molar-refractivity contribution is 6.16. The molecule has 122 valence electrons. The van der Waals surface area contributed by atoms with E-state index in [0.29, 0.717) is 5.69 Å². The lowest BCUT2D eigenvalue weighted by molar-refractivity contribution is -0.117. The quantitative estimate of drug-likeness (QED) is 0.928. The summed E-state index contributed by atoms with van der Waals surface area (Å²) in [4.78, 5) is 26.0. The molecule has 0 spiro atoms. The van der Waals surface area contributed by atoms with Gasteiger partial charge in [-0.3, -0.25) is 14.5 Å². The van der Waals surface area contributed by atoms with Crippen molar-refractivity contribution in [1.82, 2.24) is 0 Å².